The summed E-state index contributed by atoms with van der Waals surface area (Å²) in [7, 11) is 0. The van der Waals surface area contributed by atoms with Gasteiger partial charge < -0.3 is 15.0 Å². The fraction of sp³-hybridized carbons (Fsp3) is 0.278. The second-order valence-corrected chi connectivity index (χ2v) is 6.68. The summed E-state index contributed by atoms with van der Waals surface area (Å²) < 4.78 is 5.04. The second-order valence-electron chi connectivity index (χ2n) is 5.81. The normalized spacial score (nSPS) is 13.1. The van der Waals surface area contributed by atoms with Gasteiger partial charge in [-0.25, -0.2) is 4.79 Å². The van der Waals surface area contributed by atoms with Crippen LogP contribution in [-0.2, 0) is 17.7 Å². The van der Waals surface area contributed by atoms with Gasteiger partial charge in [-0.3, -0.25) is 9.78 Å². The van der Waals surface area contributed by atoms with Crippen molar-refractivity contribution >= 4 is 40.9 Å². The van der Waals surface area contributed by atoms with Crippen molar-refractivity contribution in [1.29, 1.82) is 0 Å². The molecule has 6 nitrogen and oxygen atoms in total. The Morgan fingerprint density at radius 3 is 2.65 bits per heavy atom. The van der Waals surface area contributed by atoms with Crippen LogP contribution in [0.25, 0.3) is 0 Å². The van der Waals surface area contributed by atoms with E-state index >= 15 is 0 Å². The zero-order chi connectivity index (χ0) is 18.7. The summed E-state index contributed by atoms with van der Waals surface area (Å²) in [6.45, 7) is 2.94. The van der Waals surface area contributed by atoms with Crippen LogP contribution in [0.2, 0.25) is 10.0 Å². The molecule has 3 rings (SSSR count). The van der Waals surface area contributed by atoms with Crippen molar-refractivity contribution in [3.8, 4) is 0 Å². The van der Waals surface area contributed by atoms with Crippen LogP contribution >= 0.6 is 23.2 Å². The highest BCUT2D eigenvalue weighted by Crippen LogP contribution is 2.25. The first-order chi connectivity index (χ1) is 12.5. The Labute approximate surface area is 161 Å². The van der Waals surface area contributed by atoms with Gasteiger partial charge in [-0.2, -0.15) is 0 Å². The minimum atomic E-state index is -0.360. The van der Waals surface area contributed by atoms with Crippen LogP contribution in [0.4, 0.5) is 10.5 Å². The number of carbonyl (C=O) groups is 2. The minimum absolute atomic E-state index is 0.294. The average molecular weight is 394 g/mol. The van der Waals surface area contributed by atoms with Crippen molar-refractivity contribution in [2.45, 2.75) is 19.9 Å². The van der Waals surface area contributed by atoms with E-state index in [1.54, 1.807) is 36.2 Å². The molecule has 0 saturated heterocycles. The summed E-state index contributed by atoms with van der Waals surface area (Å²) in [6, 6.07) is 4.84. The van der Waals surface area contributed by atoms with Gasteiger partial charge in [-0.1, -0.05) is 23.2 Å². The van der Waals surface area contributed by atoms with E-state index in [1.165, 1.54) is 6.20 Å². The van der Waals surface area contributed by atoms with E-state index in [1.807, 2.05) is 0 Å². The molecule has 136 valence electrons. The van der Waals surface area contributed by atoms with Gasteiger partial charge in [0.25, 0.3) is 5.91 Å². The van der Waals surface area contributed by atoms with Gasteiger partial charge in [-0.05, 0) is 42.7 Å². The number of halogens is 2. The number of ether oxygens (including phenoxy) is 1. The zero-order valence-corrected chi connectivity index (χ0v) is 15.6. The highest BCUT2D eigenvalue weighted by atomic mass is 35.5. The van der Waals surface area contributed by atoms with E-state index in [4.69, 9.17) is 27.9 Å². The molecule has 8 heteroatoms. The highest BCUT2D eigenvalue weighted by Gasteiger charge is 2.25. The van der Waals surface area contributed by atoms with E-state index in [2.05, 4.69) is 10.3 Å². The number of pyridine rings is 1. The Morgan fingerprint density at radius 1 is 1.23 bits per heavy atom. The largest absolute Gasteiger partial charge is 0.450 e. The third-order valence-corrected chi connectivity index (χ3v) is 4.47. The molecule has 1 aliphatic rings. The maximum absolute atomic E-state index is 12.7. The van der Waals surface area contributed by atoms with Crippen molar-refractivity contribution in [2.24, 2.45) is 0 Å². The summed E-state index contributed by atoms with van der Waals surface area (Å²) in [5.41, 5.74) is 2.70. The molecular weight excluding hydrogens is 377 g/mol. The first-order valence-electron chi connectivity index (χ1n) is 8.13. The number of aromatic nitrogens is 1. The van der Waals surface area contributed by atoms with Gasteiger partial charge in [0.15, 0.2) is 0 Å². The Balaban J connectivity index is 1.81. The van der Waals surface area contributed by atoms with Gasteiger partial charge in [0.1, 0.15) is 0 Å². The van der Waals surface area contributed by atoms with E-state index in [-0.39, 0.29) is 12.0 Å². The fourth-order valence-corrected chi connectivity index (χ4v) is 3.41. The number of nitrogens with one attached hydrogen (secondary N) is 1. The fourth-order valence-electron chi connectivity index (χ4n) is 2.88. The predicted molar refractivity (Wildman–Crippen MR) is 99.8 cm³/mol. The van der Waals surface area contributed by atoms with E-state index < -0.39 is 0 Å². The van der Waals surface area contributed by atoms with Crippen LogP contribution in [0, 0.1) is 0 Å². The summed E-state index contributed by atoms with van der Waals surface area (Å²) >= 11 is 11.9. The summed E-state index contributed by atoms with van der Waals surface area (Å²) in [6.07, 6.45) is 3.39. The molecule has 0 saturated carbocycles. The number of hydrogen-bond donors (Lipinski definition) is 1. The zero-order valence-electron chi connectivity index (χ0n) is 14.1. The molecule has 26 heavy (non-hydrogen) atoms. The molecule has 1 N–H and O–H groups in total. The lowest BCUT2D eigenvalue weighted by Crippen LogP contribution is -2.37. The lowest BCUT2D eigenvalue weighted by Gasteiger charge is -2.28. The van der Waals surface area contributed by atoms with Crippen LogP contribution < -0.4 is 5.32 Å². The molecule has 1 aromatic carbocycles. The smallest absolute Gasteiger partial charge is 0.410 e. The quantitative estimate of drug-likeness (QED) is 0.849. The number of fused-ring (bicyclic) bond motifs is 1. The summed E-state index contributed by atoms with van der Waals surface area (Å²) in [5, 5.41) is 3.66. The van der Waals surface area contributed by atoms with Crippen molar-refractivity contribution < 1.29 is 14.3 Å². The average Bonchev–Trinajstić information content (AvgIpc) is 2.60. The van der Waals surface area contributed by atoms with Crippen molar-refractivity contribution in [2.75, 3.05) is 18.5 Å². The van der Waals surface area contributed by atoms with Gasteiger partial charge in [0.05, 0.1) is 18.7 Å². The number of amides is 2. The minimum Gasteiger partial charge on any atom is -0.450 e. The van der Waals surface area contributed by atoms with Gasteiger partial charge in [0.2, 0.25) is 0 Å². The van der Waals surface area contributed by atoms with Gasteiger partial charge in [-0.15, -0.1) is 0 Å². The standard InChI is InChI=1S/C18H17Cl2N3O3/c1-2-26-18(25)23-4-3-15-11(10-23)8-21-9-16(15)17(24)22-14-6-12(19)5-13(20)7-14/h5-9H,2-4,10H2,1H3,(H,22,24). The molecule has 2 aromatic rings. The van der Waals surface area contributed by atoms with Gasteiger partial charge >= 0.3 is 6.09 Å². The molecule has 0 spiro atoms. The predicted octanol–water partition coefficient (Wildman–Crippen LogP) is 4.16. The first kappa shape index (κ1) is 18.5. The molecule has 2 amide bonds. The maximum atomic E-state index is 12.7. The Bertz CT molecular complexity index is 837. The number of anilines is 1. The van der Waals surface area contributed by atoms with Crippen molar-refractivity contribution in [1.82, 2.24) is 9.88 Å². The highest BCUT2D eigenvalue weighted by molar-refractivity contribution is 6.35. The third kappa shape index (κ3) is 4.08. The van der Waals surface area contributed by atoms with Crippen LogP contribution in [0.15, 0.2) is 30.6 Å². The van der Waals surface area contributed by atoms with E-state index in [0.29, 0.717) is 47.4 Å². The summed E-state index contributed by atoms with van der Waals surface area (Å²) in [4.78, 5) is 30.3. The van der Waals surface area contributed by atoms with Crippen LogP contribution in [0.1, 0.15) is 28.4 Å². The maximum Gasteiger partial charge on any atom is 0.410 e. The Morgan fingerprint density at radius 2 is 1.96 bits per heavy atom. The third-order valence-electron chi connectivity index (χ3n) is 4.03. The first-order valence-corrected chi connectivity index (χ1v) is 8.88. The molecule has 0 radical (unpaired) electrons. The molecule has 0 bridgehead atoms. The van der Waals surface area contributed by atoms with E-state index in [0.717, 1.165) is 11.1 Å². The van der Waals surface area contributed by atoms with Crippen LogP contribution in [0.3, 0.4) is 0 Å². The second kappa shape index (κ2) is 7.93. The molecule has 1 aliphatic heterocycles. The molecule has 0 atom stereocenters. The number of nitrogens with zero attached hydrogens (tertiary/aromatic N) is 2. The van der Waals surface area contributed by atoms with Crippen molar-refractivity contribution in [3.63, 3.8) is 0 Å². The summed E-state index contributed by atoms with van der Waals surface area (Å²) in [5.74, 6) is -0.294. The monoisotopic (exact) mass is 393 g/mol. The van der Waals surface area contributed by atoms with Gasteiger partial charge in [0, 0.05) is 34.7 Å². The number of hydrogen-bond acceptors (Lipinski definition) is 4. The van der Waals surface area contributed by atoms with E-state index in [9.17, 15) is 9.59 Å². The molecule has 0 unspecified atom stereocenters. The molecular formula is C18H17Cl2N3O3. The Hall–Kier alpha value is -2.31. The molecule has 0 aliphatic carbocycles. The molecule has 2 heterocycles. The molecule has 0 fully saturated rings. The van der Waals surface area contributed by atoms with Crippen molar-refractivity contribution in [3.05, 3.63) is 57.3 Å². The van der Waals surface area contributed by atoms with Crippen LogP contribution in [0.5, 0.6) is 0 Å². The molecule has 1 aromatic heterocycles. The number of rotatable bonds is 3. The number of benzene rings is 1. The lowest BCUT2D eigenvalue weighted by molar-refractivity contribution is 0.101. The number of carbonyl (C=O) groups excluding carboxylic acids is 2. The van der Waals surface area contributed by atoms with Crippen LogP contribution in [-0.4, -0.2) is 35.0 Å². The SMILES string of the molecule is CCOC(=O)N1CCc2c(cncc2C(=O)Nc2cc(Cl)cc(Cl)c2)C1. The lowest BCUT2D eigenvalue weighted by atomic mass is 9.97. The topological polar surface area (TPSA) is 71.5 Å². The Kier molecular flexibility index (Phi) is 5.64.